The average molecular weight is 367 g/mol. The fourth-order valence-electron chi connectivity index (χ4n) is 3.99. The molecular formula is C20H25N5O2. The number of imide groups is 1. The Kier molecular flexibility index (Phi) is 3.98. The third-order valence-electron chi connectivity index (χ3n) is 5.61. The summed E-state index contributed by atoms with van der Waals surface area (Å²) in [4.78, 5) is 37.6. The first-order chi connectivity index (χ1) is 12.8. The van der Waals surface area contributed by atoms with Crippen molar-refractivity contribution in [3.05, 3.63) is 41.5 Å². The smallest absolute Gasteiger partial charge is 0.325 e. The summed E-state index contributed by atoms with van der Waals surface area (Å²) in [5, 5.41) is 0. The number of nitrogens with zero attached hydrogens (tertiary/aromatic N) is 5. The molecule has 2 atom stereocenters. The van der Waals surface area contributed by atoms with Crippen LogP contribution in [-0.2, 0) is 4.79 Å². The lowest BCUT2D eigenvalue weighted by Crippen LogP contribution is -2.65. The van der Waals surface area contributed by atoms with E-state index >= 15 is 0 Å². The van der Waals surface area contributed by atoms with E-state index in [4.69, 9.17) is 4.99 Å². The number of hydrogen-bond acceptors (Lipinski definition) is 5. The van der Waals surface area contributed by atoms with Crippen molar-refractivity contribution >= 4 is 23.6 Å². The van der Waals surface area contributed by atoms with Gasteiger partial charge in [0.25, 0.3) is 5.91 Å². The van der Waals surface area contributed by atoms with Crippen molar-refractivity contribution in [2.24, 2.45) is 4.99 Å². The number of benzene rings is 1. The SMILES string of the molecule is C=C(C)CN1C(=O)C2C(N=C3N(c4ccc(C)c(C)c4)CCN32)N(C)C1=O. The van der Waals surface area contributed by atoms with E-state index in [9.17, 15) is 9.59 Å². The van der Waals surface area contributed by atoms with Crippen molar-refractivity contribution in [1.29, 1.82) is 0 Å². The fourth-order valence-corrected chi connectivity index (χ4v) is 3.99. The van der Waals surface area contributed by atoms with Crippen molar-refractivity contribution in [2.75, 3.05) is 31.6 Å². The number of guanidine groups is 1. The summed E-state index contributed by atoms with van der Waals surface area (Å²) >= 11 is 0. The Labute approximate surface area is 159 Å². The summed E-state index contributed by atoms with van der Waals surface area (Å²) < 4.78 is 0. The second-order valence-electron chi connectivity index (χ2n) is 7.68. The summed E-state index contributed by atoms with van der Waals surface area (Å²) in [5.41, 5.74) is 4.31. The molecule has 0 bridgehead atoms. The minimum absolute atomic E-state index is 0.188. The molecule has 0 radical (unpaired) electrons. The summed E-state index contributed by atoms with van der Waals surface area (Å²) in [6, 6.07) is 5.56. The van der Waals surface area contributed by atoms with E-state index < -0.39 is 12.2 Å². The second kappa shape index (κ2) is 6.11. The topological polar surface area (TPSA) is 59.5 Å². The van der Waals surface area contributed by atoms with Gasteiger partial charge in [0.15, 0.2) is 12.2 Å². The quantitative estimate of drug-likeness (QED) is 0.767. The van der Waals surface area contributed by atoms with E-state index in [1.165, 1.54) is 16.0 Å². The highest BCUT2D eigenvalue weighted by atomic mass is 16.2. The van der Waals surface area contributed by atoms with Gasteiger partial charge < -0.3 is 14.7 Å². The Morgan fingerprint density at radius 2 is 1.96 bits per heavy atom. The lowest BCUT2D eigenvalue weighted by molar-refractivity contribution is -0.136. The van der Waals surface area contributed by atoms with Crippen LogP contribution >= 0.6 is 0 Å². The van der Waals surface area contributed by atoms with E-state index in [0.717, 1.165) is 23.8 Å². The number of carbonyl (C=O) groups is 2. The van der Waals surface area contributed by atoms with Gasteiger partial charge in [0.1, 0.15) is 0 Å². The zero-order valence-corrected chi connectivity index (χ0v) is 16.3. The number of hydrogen-bond donors (Lipinski definition) is 0. The van der Waals surface area contributed by atoms with E-state index in [2.05, 4.69) is 43.5 Å². The first-order valence-corrected chi connectivity index (χ1v) is 9.21. The largest absolute Gasteiger partial charge is 0.328 e. The summed E-state index contributed by atoms with van der Waals surface area (Å²) in [7, 11) is 1.71. The molecule has 7 heteroatoms. The second-order valence-corrected chi connectivity index (χ2v) is 7.68. The standard InChI is InChI=1S/C20H25N5O2/c1-12(2)11-25-18(26)16-17(22(5)20(25)27)21-19-23(8-9-24(16)19)15-7-6-13(3)14(4)10-15/h6-7,10,16-17H,1,8-9,11H2,2-5H3. The Balaban J connectivity index is 1.67. The Hall–Kier alpha value is -2.83. The first-order valence-electron chi connectivity index (χ1n) is 9.21. The van der Waals surface area contributed by atoms with Crippen molar-refractivity contribution in [1.82, 2.24) is 14.7 Å². The number of rotatable bonds is 3. The van der Waals surface area contributed by atoms with E-state index in [0.29, 0.717) is 6.54 Å². The molecule has 0 N–H and O–H groups in total. The third kappa shape index (κ3) is 2.60. The number of aliphatic imine (C=N–C) groups is 1. The van der Waals surface area contributed by atoms with Crippen LogP contribution in [0, 0.1) is 13.8 Å². The first kappa shape index (κ1) is 17.6. The van der Waals surface area contributed by atoms with Gasteiger partial charge in [0.05, 0.1) is 6.54 Å². The zero-order valence-electron chi connectivity index (χ0n) is 16.3. The minimum Gasteiger partial charge on any atom is -0.325 e. The average Bonchev–Trinajstić information content (AvgIpc) is 3.18. The van der Waals surface area contributed by atoms with Gasteiger partial charge in [-0.3, -0.25) is 9.69 Å². The Morgan fingerprint density at radius 1 is 1.22 bits per heavy atom. The number of likely N-dealkylation sites (N-methyl/N-ethyl adjacent to an activating group) is 1. The maximum Gasteiger partial charge on any atom is 0.328 e. The number of anilines is 1. The van der Waals surface area contributed by atoms with Crippen LogP contribution in [0.25, 0.3) is 0 Å². The molecule has 2 unspecified atom stereocenters. The van der Waals surface area contributed by atoms with E-state index in [-0.39, 0.29) is 18.5 Å². The van der Waals surface area contributed by atoms with Gasteiger partial charge in [-0.1, -0.05) is 18.2 Å². The highest BCUT2D eigenvalue weighted by Gasteiger charge is 2.54. The van der Waals surface area contributed by atoms with Gasteiger partial charge >= 0.3 is 6.03 Å². The van der Waals surface area contributed by atoms with Crippen LogP contribution in [0.2, 0.25) is 0 Å². The van der Waals surface area contributed by atoms with Gasteiger partial charge in [-0.2, -0.15) is 0 Å². The van der Waals surface area contributed by atoms with Crippen molar-refractivity contribution in [3.8, 4) is 0 Å². The maximum absolute atomic E-state index is 13.1. The summed E-state index contributed by atoms with van der Waals surface area (Å²) in [5.74, 6) is 0.588. The number of aryl methyl sites for hydroxylation is 2. The highest BCUT2D eigenvalue weighted by molar-refractivity contribution is 6.08. The molecule has 3 aliphatic heterocycles. The van der Waals surface area contributed by atoms with Gasteiger partial charge in [-0.05, 0) is 44.0 Å². The molecule has 1 aromatic carbocycles. The molecule has 7 nitrogen and oxygen atoms in total. The molecule has 3 aliphatic rings. The van der Waals surface area contributed by atoms with Crippen LogP contribution in [0.4, 0.5) is 10.5 Å². The predicted octanol–water partition coefficient (Wildman–Crippen LogP) is 1.96. The molecule has 4 rings (SSSR count). The molecular weight excluding hydrogens is 342 g/mol. The molecule has 2 saturated heterocycles. The van der Waals surface area contributed by atoms with Crippen LogP contribution in [0.5, 0.6) is 0 Å². The van der Waals surface area contributed by atoms with Crippen molar-refractivity contribution in [3.63, 3.8) is 0 Å². The minimum atomic E-state index is -0.476. The number of fused-ring (bicyclic) bond motifs is 3. The monoisotopic (exact) mass is 367 g/mol. The molecule has 3 amide bonds. The van der Waals surface area contributed by atoms with Gasteiger partial charge in [0.2, 0.25) is 5.96 Å². The molecule has 2 fully saturated rings. The van der Waals surface area contributed by atoms with Crippen LogP contribution in [0.1, 0.15) is 18.1 Å². The van der Waals surface area contributed by atoms with E-state index in [1.807, 2.05) is 11.8 Å². The van der Waals surface area contributed by atoms with Crippen molar-refractivity contribution < 1.29 is 9.59 Å². The van der Waals surface area contributed by atoms with Gasteiger partial charge in [-0.15, -0.1) is 0 Å². The normalized spacial score (nSPS) is 24.4. The van der Waals surface area contributed by atoms with Crippen LogP contribution < -0.4 is 4.90 Å². The molecule has 1 aromatic rings. The lowest BCUT2D eigenvalue weighted by Gasteiger charge is -2.40. The predicted molar refractivity (Wildman–Crippen MR) is 105 cm³/mol. The summed E-state index contributed by atoms with van der Waals surface area (Å²) in [6.07, 6.45) is -0.476. The van der Waals surface area contributed by atoms with Crippen LogP contribution in [0.3, 0.4) is 0 Å². The van der Waals surface area contributed by atoms with Gasteiger partial charge in [0, 0.05) is 25.8 Å². The molecule has 27 heavy (non-hydrogen) atoms. The van der Waals surface area contributed by atoms with Crippen LogP contribution in [0.15, 0.2) is 35.3 Å². The number of carbonyl (C=O) groups excluding carboxylic acids is 2. The zero-order chi connectivity index (χ0) is 19.5. The molecule has 0 aliphatic carbocycles. The number of urea groups is 1. The fraction of sp³-hybridized carbons (Fsp3) is 0.450. The Morgan fingerprint density at radius 3 is 2.63 bits per heavy atom. The van der Waals surface area contributed by atoms with Gasteiger partial charge in [-0.25, -0.2) is 9.79 Å². The molecule has 142 valence electrons. The lowest BCUT2D eigenvalue weighted by atomic mass is 10.1. The molecule has 0 saturated carbocycles. The van der Waals surface area contributed by atoms with Crippen LogP contribution in [-0.4, -0.2) is 71.5 Å². The van der Waals surface area contributed by atoms with Crippen molar-refractivity contribution in [2.45, 2.75) is 33.0 Å². The summed E-state index contributed by atoms with van der Waals surface area (Å²) in [6.45, 7) is 11.6. The number of amides is 3. The maximum atomic E-state index is 13.1. The Bertz CT molecular complexity index is 877. The third-order valence-corrected chi connectivity index (χ3v) is 5.61. The highest BCUT2D eigenvalue weighted by Crippen LogP contribution is 2.33. The van der Waals surface area contributed by atoms with E-state index in [1.54, 1.807) is 11.9 Å². The molecule has 3 heterocycles. The molecule has 0 spiro atoms. The molecule has 0 aromatic heterocycles.